The minimum absolute atomic E-state index is 0.0159. The molecule has 0 aliphatic heterocycles. The molecule has 1 heteroatoms. The van der Waals surface area contributed by atoms with Gasteiger partial charge in [0.2, 0.25) is 0 Å². The van der Waals surface area contributed by atoms with Gasteiger partial charge >= 0.3 is 0 Å². The van der Waals surface area contributed by atoms with Gasteiger partial charge in [-0.15, -0.1) is 0 Å². The summed E-state index contributed by atoms with van der Waals surface area (Å²) in [6.45, 7) is 12.4. The van der Waals surface area contributed by atoms with Gasteiger partial charge in [0.1, 0.15) is 0 Å². The first-order chi connectivity index (χ1) is 13.3. The molecule has 0 spiro atoms. The fraction of sp³-hybridized carbons (Fsp3) is 0.926. The molecule has 1 nitrogen and oxygen atoms in total. The minimum Gasteiger partial charge on any atom is -0.393 e. The highest BCUT2D eigenvalue weighted by molar-refractivity contribution is 5.11. The van der Waals surface area contributed by atoms with Crippen LogP contribution >= 0.6 is 0 Å². The van der Waals surface area contributed by atoms with Crippen LogP contribution in [0.2, 0.25) is 0 Å². The Morgan fingerprint density at radius 3 is 2.36 bits per heavy atom. The number of aliphatic hydroxyl groups excluding tert-OH is 1. The third kappa shape index (κ3) is 3.42. The molecule has 160 valence electrons. The molecule has 2 unspecified atom stereocenters. The van der Waals surface area contributed by atoms with Gasteiger partial charge in [0.15, 0.2) is 0 Å². The largest absolute Gasteiger partial charge is 0.393 e. The standard InChI is InChI=1S/C27H46O/c1-18(2)7-6-8-19(3)23-11-12-24-22-10-9-20-17-21(28)13-15-26(20,4)25(22)14-16-27(23,24)5/h6,8,18-25,28H,7,9-17H2,1-5H3/b8-6+/t19-,20?,21?,22+,23-,24+,25+,26+,27-/m1/s1. The zero-order chi connectivity index (χ0) is 20.1. The lowest BCUT2D eigenvalue weighted by atomic mass is 9.44. The minimum atomic E-state index is -0.0159. The maximum Gasteiger partial charge on any atom is 0.0543 e. The number of fused-ring (bicyclic) bond motifs is 5. The molecule has 0 amide bonds. The summed E-state index contributed by atoms with van der Waals surface area (Å²) in [6, 6.07) is 0. The SMILES string of the molecule is CC(C)C/C=C/[C@@H](C)[C@H]1CC[C@H]2[C@@H]3CCC4CC(O)CC[C@]4(C)[C@H]3CC[C@]12C. The lowest BCUT2D eigenvalue weighted by Gasteiger charge is -2.61. The Morgan fingerprint density at radius 1 is 0.893 bits per heavy atom. The predicted molar refractivity (Wildman–Crippen MR) is 119 cm³/mol. The van der Waals surface area contributed by atoms with Crippen molar-refractivity contribution in [2.75, 3.05) is 0 Å². The van der Waals surface area contributed by atoms with Gasteiger partial charge in [-0.2, -0.15) is 0 Å². The van der Waals surface area contributed by atoms with Gasteiger partial charge in [0, 0.05) is 0 Å². The summed E-state index contributed by atoms with van der Waals surface area (Å²) >= 11 is 0. The average Bonchev–Trinajstić information content (AvgIpc) is 2.99. The van der Waals surface area contributed by atoms with Crippen molar-refractivity contribution in [3.63, 3.8) is 0 Å². The fourth-order valence-corrected chi connectivity index (χ4v) is 8.84. The van der Waals surface area contributed by atoms with E-state index in [-0.39, 0.29) is 6.10 Å². The summed E-state index contributed by atoms with van der Waals surface area (Å²) in [6.07, 6.45) is 18.3. The smallest absolute Gasteiger partial charge is 0.0543 e. The van der Waals surface area contributed by atoms with Crippen LogP contribution in [0.25, 0.3) is 0 Å². The molecule has 4 saturated carbocycles. The maximum atomic E-state index is 10.2. The van der Waals surface area contributed by atoms with Crippen LogP contribution in [-0.4, -0.2) is 11.2 Å². The third-order valence-corrected chi connectivity index (χ3v) is 10.4. The monoisotopic (exact) mass is 386 g/mol. The number of allylic oxidation sites excluding steroid dienone is 2. The zero-order valence-electron chi connectivity index (χ0n) is 19.3. The number of hydrogen-bond acceptors (Lipinski definition) is 1. The van der Waals surface area contributed by atoms with Crippen molar-refractivity contribution >= 4 is 0 Å². The molecule has 0 aromatic carbocycles. The van der Waals surface area contributed by atoms with Crippen LogP contribution in [0.5, 0.6) is 0 Å². The second-order valence-electron chi connectivity index (χ2n) is 12.2. The summed E-state index contributed by atoms with van der Waals surface area (Å²) in [4.78, 5) is 0. The van der Waals surface area contributed by atoms with Gasteiger partial charge in [0.05, 0.1) is 6.10 Å². The molecule has 0 bridgehead atoms. The van der Waals surface area contributed by atoms with E-state index in [1.54, 1.807) is 0 Å². The molecule has 0 heterocycles. The van der Waals surface area contributed by atoms with Crippen LogP contribution in [0.1, 0.15) is 98.8 Å². The molecule has 4 fully saturated rings. The predicted octanol–water partition coefficient (Wildman–Crippen LogP) is 7.24. The van der Waals surface area contributed by atoms with Crippen molar-refractivity contribution in [1.82, 2.24) is 0 Å². The van der Waals surface area contributed by atoms with Gasteiger partial charge in [-0.3, -0.25) is 0 Å². The van der Waals surface area contributed by atoms with Crippen molar-refractivity contribution in [3.05, 3.63) is 12.2 Å². The molecule has 9 atom stereocenters. The van der Waals surface area contributed by atoms with Crippen molar-refractivity contribution in [2.24, 2.45) is 52.3 Å². The van der Waals surface area contributed by atoms with Crippen LogP contribution in [0, 0.1) is 52.3 Å². The van der Waals surface area contributed by atoms with Crippen molar-refractivity contribution in [1.29, 1.82) is 0 Å². The summed E-state index contributed by atoms with van der Waals surface area (Å²) in [7, 11) is 0. The number of aliphatic hydroxyl groups is 1. The first-order valence-corrected chi connectivity index (χ1v) is 12.6. The Hall–Kier alpha value is -0.300. The first-order valence-electron chi connectivity index (χ1n) is 12.6. The molecule has 4 aliphatic carbocycles. The van der Waals surface area contributed by atoms with E-state index in [1.807, 2.05) is 0 Å². The zero-order valence-corrected chi connectivity index (χ0v) is 19.3. The Morgan fingerprint density at radius 2 is 1.61 bits per heavy atom. The van der Waals surface area contributed by atoms with Crippen LogP contribution < -0.4 is 0 Å². The highest BCUT2D eigenvalue weighted by atomic mass is 16.3. The molecule has 0 aromatic heterocycles. The van der Waals surface area contributed by atoms with Crippen molar-refractivity contribution in [2.45, 2.75) is 105 Å². The molecule has 0 radical (unpaired) electrons. The first kappa shape index (κ1) is 21.0. The summed E-state index contributed by atoms with van der Waals surface area (Å²) in [5.74, 6) is 6.05. The summed E-state index contributed by atoms with van der Waals surface area (Å²) in [5.41, 5.74) is 1.09. The van der Waals surface area contributed by atoms with Gasteiger partial charge in [-0.1, -0.05) is 46.8 Å². The van der Waals surface area contributed by atoms with Gasteiger partial charge in [-0.25, -0.2) is 0 Å². The number of hydrogen-bond donors (Lipinski definition) is 1. The lowest BCUT2D eigenvalue weighted by Crippen LogP contribution is -2.54. The van der Waals surface area contributed by atoms with E-state index in [1.165, 1.54) is 51.4 Å². The van der Waals surface area contributed by atoms with E-state index in [2.05, 4.69) is 46.8 Å². The third-order valence-electron chi connectivity index (χ3n) is 10.4. The van der Waals surface area contributed by atoms with E-state index in [9.17, 15) is 5.11 Å². The molecular formula is C27H46O. The Balaban J connectivity index is 1.50. The molecule has 4 aliphatic rings. The van der Waals surface area contributed by atoms with Crippen LogP contribution in [-0.2, 0) is 0 Å². The van der Waals surface area contributed by atoms with Crippen molar-refractivity contribution < 1.29 is 5.11 Å². The Labute approximate surface area is 174 Å². The number of rotatable bonds is 4. The quantitative estimate of drug-likeness (QED) is 0.505. The van der Waals surface area contributed by atoms with Crippen LogP contribution in [0.15, 0.2) is 12.2 Å². The van der Waals surface area contributed by atoms with Gasteiger partial charge < -0.3 is 5.11 Å². The topological polar surface area (TPSA) is 20.2 Å². The second-order valence-corrected chi connectivity index (χ2v) is 12.2. The van der Waals surface area contributed by atoms with E-state index < -0.39 is 0 Å². The molecule has 0 aromatic rings. The molecule has 1 N–H and O–H groups in total. The van der Waals surface area contributed by atoms with Gasteiger partial charge in [-0.05, 0) is 116 Å². The fourth-order valence-electron chi connectivity index (χ4n) is 8.84. The Bertz CT molecular complexity index is 579. The summed E-state index contributed by atoms with van der Waals surface area (Å²) in [5, 5.41) is 10.2. The second kappa shape index (κ2) is 7.75. The Kier molecular flexibility index (Phi) is 5.80. The molecule has 4 rings (SSSR count). The molecular weight excluding hydrogens is 340 g/mol. The highest BCUT2D eigenvalue weighted by Gasteiger charge is 2.60. The average molecular weight is 387 g/mol. The van der Waals surface area contributed by atoms with Gasteiger partial charge in [0.25, 0.3) is 0 Å². The summed E-state index contributed by atoms with van der Waals surface area (Å²) < 4.78 is 0. The lowest BCUT2D eigenvalue weighted by molar-refractivity contribution is -0.128. The van der Waals surface area contributed by atoms with Crippen LogP contribution in [0.3, 0.4) is 0 Å². The maximum absolute atomic E-state index is 10.2. The van der Waals surface area contributed by atoms with E-state index in [4.69, 9.17) is 0 Å². The highest BCUT2D eigenvalue weighted by Crippen LogP contribution is 2.68. The van der Waals surface area contributed by atoms with E-state index in [0.29, 0.717) is 10.8 Å². The van der Waals surface area contributed by atoms with Crippen LogP contribution in [0.4, 0.5) is 0 Å². The molecule has 28 heavy (non-hydrogen) atoms. The molecule has 0 saturated heterocycles. The van der Waals surface area contributed by atoms with E-state index in [0.717, 1.165) is 54.3 Å². The van der Waals surface area contributed by atoms with Crippen molar-refractivity contribution in [3.8, 4) is 0 Å². The normalized spacial score (nSPS) is 49.7. The van der Waals surface area contributed by atoms with E-state index >= 15 is 0 Å².